The smallest absolute Gasteiger partial charge is 0.292 e. The second-order valence-electron chi connectivity index (χ2n) is 6.33. The van der Waals surface area contributed by atoms with E-state index in [1.165, 1.54) is 6.07 Å². The van der Waals surface area contributed by atoms with Crippen molar-refractivity contribution in [1.82, 2.24) is 0 Å². The van der Waals surface area contributed by atoms with Crippen LogP contribution in [0.25, 0.3) is 0 Å². The number of anilines is 1. The molecule has 0 aliphatic carbocycles. The Hall–Kier alpha value is -1.62. The zero-order valence-corrected chi connectivity index (χ0v) is 13.0. The lowest BCUT2D eigenvalue weighted by atomic mass is 9.78. The first kappa shape index (κ1) is 15.8. The molecule has 1 atom stereocenters. The van der Waals surface area contributed by atoms with Crippen LogP contribution in [-0.2, 0) is 0 Å². The predicted octanol–water partition coefficient (Wildman–Crippen LogP) is 3.66. The fraction of sp³-hybridized carbons (Fsp3) is 0.625. The lowest BCUT2D eigenvalue weighted by molar-refractivity contribution is -0.384. The SMILES string of the molecule is CCC1(C)CCN(c2ccc(C(C)O)cc2[N+](=O)[O-])CC1. The van der Waals surface area contributed by atoms with E-state index in [4.69, 9.17) is 0 Å². The summed E-state index contributed by atoms with van der Waals surface area (Å²) in [6.45, 7) is 7.80. The molecule has 0 aromatic heterocycles. The molecule has 1 aliphatic heterocycles. The van der Waals surface area contributed by atoms with Gasteiger partial charge in [0.25, 0.3) is 5.69 Å². The van der Waals surface area contributed by atoms with Crippen molar-refractivity contribution in [3.8, 4) is 0 Å². The van der Waals surface area contributed by atoms with E-state index in [0.717, 1.165) is 32.4 Å². The predicted molar refractivity (Wildman–Crippen MR) is 83.6 cm³/mol. The van der Waals surface area contributed by atoms with Gasteiger partial charge in [0.1, 0.15) is 5.69 Å². The average Bonchev–Trinajstić information content (AvgIpc) is 2.47. The van der Waals surface area contributed by atoms with Crippen LogP contribution in [0.5, 0.6) is 0 Å². The summed E-state index contributed by atoms with van der Waals surface area (Å²) in [5.74, 6) is 0. The molecule has 1 aromatic carbocycles. The Morgan fingerprint density at radius 1 is 1.43 bits per heavy atom. The van der Waals surface area contributed by atoms with E-state index in [1.807, 2.05) is 0 Å². The molecule has 116 valence electrons. The van der Waals surface area contributed by atoms with E-state index in [-0.39, 0.29) is 10.6 Å². The molecule has 0 saturated carbocycles. The summed E-state index contributed by atoms with van der Waals surface area (Å²) in [6, 6.07) is 5.04. The Balaban J connectivity index is 2.26. The molecule has 0 amide bonds. The van der Waals surface area contributed by atoms with Crippen LogP contribution in [-0.4, -0.2) is 23.1 Å². The molecule has 2 rings (SSSR count). The molecule has 1 aromatic rings. The lowest BCUT2D eigenvalue weighted by Crippen LogP contribution is -2.38. The standard InChI is InChI=1S/C16H24N2O3/c1-4-16(3)7-9-17(10-8-16)14-6-5-13(12(2)19)11-15(14)18(20)21/h5-6,11-12,19H,4,7-10H2,1-3H3. The summed E-state index contributed by atoms with van der Waals surface area (Å²) in [7, 11) is 0. The molecule has 1 aliphatic rings. The monoisotopic (exact) mass is 292 g/mol. The van der Waals surface area contributed by atoms with Crippen molar-refractivity contribution < 1.29 is 10.0 Å². The highest BCUT2D eigenvalue weighted by Gasteiger charge is 2.31. The lowest BCUT2D eigenvalue weighted by Gasteiger charge is -2.39. The second kappa shape index (κ2) is 6.02. The summed E-state index contributed by atoms with van der Waals surface area (Å²) in [6.07, 6.45) is 2.56. The molecule has 0 bridgehead atoms. The molecule has 1 heterocycles. The maximum Gasteiger partial charge on any atom is 0.292 e. The van der Waals surface area contributed by atoms with Crippen molar-refractivity contribution in [3.63, 3.8) is 0 Å². The third kappa shape index (κ3) is 3.35. The summed E-state index contributed by atoms with van der Waals surface area (Å²) in [5, 5.41) is 20.9. The number of piperidine rings is 1. The van der Waals surface area contributed by atoms with Gasteiger partial charge in [-0.25, -0.2) is 0 Å². The summed E-state index contributed by atoms with van der Waals surface area (Å²) < 4.78 is 0. The fourth-order valence-electron chi connectivity index (χ4n) is 2.85. The fourth-order valence-corrected chi connectivity index (χ4v) is 2.85. The number of benzene rings is 1. The van der Waals surface area contributed by atoms with Gasteiger partial charge >= 0.3 is 0 Å². The highest BCUT2D eigenvalue weighted by atomic mass is 16.6. The number of hydrogen-bond acceptors (Lipinski definition) is 4. The van der Waals surface area contributed by atoms with Gasteiger partial charge in [-0.15, -0.1) is 0 Å². The van der Waals surface area contributed by atoms with Gasteiger partial charge < -0.3 is 10.0 Å². The Morgan fingerprint density at radius 3 is 2.52 bits per heavy atom. The largest absolute Gasteiger partial charge is 0.389 e. The van der Waals surface area contributed by atoms with Crippen LogP contribution in [0.1, 0.15) is 51.7 Å². The number of nitro groups is 1. The van der Waals surface area contributed by atoms with Crippen molar-refractivity contribution >= 4 is 11.4 Å². The molecule has 1 N–H and O–H groups in total. The van der Waals surface area contributed by atoms with Crippen LogP contribution >= 0.6 is 0 Å². The van der Waals surface area contributed by atoms with Crippen LogP contribution in [0, 0.1) is 15.5 Å². The van der Waals surface area contributed by atoms with Crippen molar-refractivity contribution in [1.29, 1.82) is 0 Å². The minimum atomic E-state index is -0.692. The van der Waals surface area contributed by atoms with E-state index < -0.39 is 6.10 Å². The maximum absolute atomic E-state index is 11.3. The van der Waals surface area contributed by atoms with Gasteiger partial charge in [-0.2, -0.15) is 0 Å². The number of rotatable bonds is 4. The van der Waals surface area contributed by atoms with E-state index in [2.05, 4.69) is 18.7 Å². The zero-order valence-electron chi connectivity index (χ0n) is 13.0. The zero-order chi connectivity index (χ0) is 15.6. The number of aliphatic hydroxyl groups is 1. The molecule has 1 fully saturated rings. The van der Waals surface area contributed by atoms with E-state index in [9.17, 15) is 15.2 Å². The average molecular weight is 292 g/mol. The van der Waals surface area contributed by atoms with Crippen molar-refractivity contribution in [2.45, 2.75) is 46.1 Å². The number of nitrogens with zero attached hydrogens (tertiary/aromatic N) is 2. The minimum absolute atomic E-state index is 0.0912. The minimum Gasteiger partial charge on any atom is -0.389 e. The van der Waals surface area contributed by atoms with E-state index >= 15 is 0 Å². The number of nitro benzene ring substituents is 1. The topological polar surface area (TPSA) is 66.6 Å². The molecule has 0 radical (unpaired) electrons. The molecule has 21 heavy (non-hydrogen) atoms. The first-order chi connectivity index (χ1) is 9.86. The maximum atomic E-state index is 11.3. The highest BCUT2D eigenvalue weighted by molar-refractivity contribution is 5.64. The van der Waals surface area contributed by atoms with Crippen LogP contribution in [0.4, 0.5) is 11.4 Å². The molecular weight excluding hydrogens is 268 g/mol. The first-order valence-electron chi connectivity index (χ1n) is 7.57. The summed E-state index contributed by atoms with van der Waals surface area (Å²) >= 11 is 0. The number of hydrogen-bond donors (Lipinski definition) is 1. The van der Waals surface area contributed by atoms with Gasteiger partial charge in [0, 0.05) is 19.2 Å². The van der Waals surface area contributed by atoms with Gasteiger partial charge in [-0.1, -0.05) is 26.3 Å². The quantitative estimate of drug-likeness (QED) is 0.679. The van der Waals surface area contributed by atoms with Gasteiger partial charge in [-0.05, 0) is 36.8 Å². The third-order valence-electron chi connectivity index (χ3n) is 4.84. The number of aliphatic hydroxyl groups excluding tert-OH is 1. The molecule has 5 nitrogen and oxygen atoms in total. The van der Waals surface area contributed by atoms with Crippen LogP contribution in [0.2, 0.25) is 0 Å². The molecule has 1 unspecified atom stereocenters. The van der Waals surface area contributed by atoms with Crippen molar-refractivity contribution in [2.24, 2.45) is 5.41 Å². The van der Waals surface area contributed by atoms with E-state index in [1.54, 1.807) is 19.1 Å². The normalized spacial score (nSPS) is 19.3. The molecule has 1 saturated heterocycles. The first-order valence-corrected chi connectivity index (χ1v) is 7.57. The Kier molecular flexibility index (Phi) is 4.52. The van der Waals surface area contributed by atoms with Gasteiger partial charge in [0.15, 0.2) is 0 Å². The van der Waals surface area contributed by atoms with Gasteiger partial charge in [0.05, 0.1) is 11.0 Å². The van der Waals surface area contributed by atoms with Crippen molar-refractivity contribution in [3.05, 3.63) is 33.9 Å². The van der Waals surface area contributed by atoms with Crippen LogP contribution in [0.3, 0.4) is 0 Å². The highest BCUT2D eigenvalue weighted by Crippen LogP contribution is 2.38. The van der Waals surface area contributed by atoms with Crippen molar-refractivity contribution in [2.75, 3.05) is 18.0 Å². The molecular formula is C16H24N2O3. The van der Waals surface area contributed by atoms with Crippen LogP contribution in [0.15, 0.2) is 18.2 Å². The summed E-state index contributed by atoms with van der Waals surface area (Å²) in [5.41, 5.74) is 1.70. The Labute approximate surface area is 125 Å². The molecule has 5 heteroatoms. The molecule has 0 spiro atoms. The summed E-state index contributed by atoms with van der Waals surface area (Å²) in [4.78, 5) is 13.1. The third-order valence-corrected chi connectivity index (χ3v) is 4.84. The van der Waals surface area contributed by atoms with Gasteiger partial charge in [0.2, 0.25) is 0 Å². The van der Waals surface area contributed by atoms with E-state index in [0.29, 0.717) is 16.7 Å². The Morgan fingerprint density at radius 2 is 2.05 bits per heavy atom. The Bertz CT molecular complexity index is 520. The van der Waals surface area contributed by atoms with Crippen LogP contribution < -0.4 is 4.90 Å². The van der Waals surface area contributed by atoms with Gasteiger partial charge in [-0.3, -0.25) is 10.1 Å². The second-order valence-corrected chi connectivity index (χ2v) is 6.33.